The molecule has 2 aromatic rings. The molecule has 0 saturated carbocycles. The Balaban J connectivity index is 2.28. The Morgan fingerprint density at radius 2 is 1.96 bits per heavy atom. The second kappa shape index (κ2) is 6.83. The first kappa shape index (κ1) is 18.9. The number of carbonyl (C=O) groups is 1. The first-order valence-electron chi connectivity index (χ1n) is 6.60. The van der Waals surface area contributed by atoms with Crippen LogP contribution in [0.2, 0.25) is 0 Å². The van der Waals surface area contributed by atoms with Gasteiger partial charge >= 0.3 is 6.18 Å². The van der Waals surface area contributed by atoms with Crippen LogP contribution >= 0.6 is 31.9 Å². The lowest BCUT2D eigenvalue weighted by atomic mass is 10.2. The van der Waals surface area contributed by atoms with Crippen molar-refractivity contribution in [2.24, 2.45) is 0 Å². The van der Waals surface area contributed by atoms with Gasteiger partial charge in [-0.25, -0.2) is 4.39 Å². The molecule has 0 fully saturated rings. The van der Waals surface area contributed by atoms with Crippen LogP contribution in [0.5, 0.6) is 0 Å². The Bertz CT molecular complexity index is 789. The molecular formula is C14H11Br2F4N3O. The summed E-state index contributed by atoms with van der Waals surface area (Å²) in [5, 5.41) is 5.80. The van der Waals surface area contributed by atoms with Crippen LogP contribution in [0, 0.1) is 12.7 Å². The molecule has 2 rings (SSSR count). The lowest BCUT2D eigenvalue weighted by molar-refractivity contribution is -0.142. The molecule has 0 radical (unpaired) electrons. The largest absolute Gasteiger partial charge is 0.436 e. The molecule has 10 heteroatoms. The van der Waals surface area contributed by atoms with Crippen molar-refractivity contribution < 1.29 is 22.4 Å². The second-order valence-corrected chi connectivity index (χ2v) is 6.69. The number of halogens is 6. The number of anilines is 1. The van der Waals surface area contributed by atoms with Gasteiger partial charge in [0.25, 0.3) is 0 Å². The number of hydrogen-bond acceptors (Lipinski definition) is 2. The molecule has 1 atom stereocenters. The van der Waals surface area contributed by atoms with Gasteiger partial charge in [-0.15, -0.1) is 0 Å². The molecule has 0 aliphatic rings. The number of amides is 1. The van der Waals surface area contributed by atoms with Crippen LogP contribution < -0.4 is 5.32 Å². The molecule has 0 saturated heterocycles. The maximum atomic E-state index is 13.8. The Kier molecular flexibility index (Phi) is 5.38. The zero-order chi connectivity index (χ0) is 18.2. The van der Waals surface area contributed by atoms with Gasteiger partial charge in [-0.3, -0.25) is 9.48 Å². The van der Waals surface area contributed by atoms with E-state index in [2.05, 4.69) is 42.3 Å². The van der Waals surface area contributed by atoms with Gasteiger partial charge in [-0.2, -0.15) is 18.3 Å². The SMILES string of the molecule is Cc1c(Br)c(C(F)(F)F)nn1C(C)C(=O)Nc1ccc(Br)cc1F. The predicted molar refractivity (Wildman–Crippen MR) is 87.1 cm³/mol. The molecule has 0 bridgehead atoms. The Labute approximate surface area is 151 Å². The first-order valence-corrected chi connectivity index (χ1v) is 8.18. The predicted octanol–water partition coefficient (Wildman–Crippen LogP) is 5.07. The van der Waals surface area contributed by atoms with E-state index in [4.69, 9.17) is 0 Å². The minimum Gasteiger partial charge on any atom is -0.322 e. The summed E-state index contributed by atoms with van der Waals surface area (Å²) < 4.78 is 53.6. The van der Waals surface area contributed by atoms with Crippen molar-refractivity contribution in [3.05, 3.63) is 44.3 Å². The highest BCUT2D eigenvalue weighted by atomic mass is 79.9. The summed E-state index contributed by atoms with van der Waals surface area (Å²) in [5.74, 6) is -1.36. The molecule has 1 N–H and O–H groups in total. The quantitative estimate of drug-likeness (QED) is 0.633. The van der Waals surface area contributed by atoms with Crippen LogP contribution in [-0.2, 0) is 11.0 Å². The van der Waals surface area contributed by atoms with Crippen LogP contribution in [0.4, 0.5) is 23.2 Å². The van der Waals surface area contributed by atoms with Crippen molar-refractivity contribution in [2.75, 3.05) is 5.32 Å². The number of nitrogens with one attached hydrogen (secondary N) is 1. The Hall–Kier alpha value is -1.42. The minimum atomic E-state index is -4.65. The van der Waals surface area contributed by atoms with Gasteiger partial charge in [0.05, 0.1) is 15.9 Å². The monoisotopic (exact) mass is 471 g/mol. The van der Waals surface area contributed by atoms with Crippen molar-refractivity contribution in [3.63, 3.8) is 0 Å². The van der Waals surface area contributed by atoms with E-state index in [0.717, 1.165) is 10.7 Å². The summed E-state index contributed by atoms with van der Waals surface area (Å²) in [6.07, 6.45) is -4.65. The molecule has 0 aliphatic carbocycles. The second-order valence-electron chi connectivity index (χ2n) is 4.98. The summed E-state index contributed by atoms with van der Waals surface area (Å²) in [6, 6.07) is 2.97. The molecule has 1 amide bonds. The maximum Gasteiger partial charge on any atom is 0.436 e. The molecule has 1 aromatic heterocycles. The normalized spacial score (nSPS) is 13.0. The average molecular weight is 473 g/mol. The third-order valence-corrected chi connectivity index (χ3v) is 4.72. The van der Waals surface area contributed by atoms with Gasteiger partial charge in [0.2, 0.25) is 5.91 Å². The zero-order valence-corrected chi connectivity index (χ0v) is 15.6. The third-order valence-electron chi connectivity index (χ3n) is 3.28. The fourth-order valence-electron chi connectivity index (χ4n) is 2.00. The highest BCUT2D eigenvalue weighted by Crippen LogP contribution is 2.36. The molecule has 0 spiro atoms. The van der Waals surface area contributed by atoms with Gasteiger partial charge in [-0.1, -0.05) is 15.9 Å². The highest BCUT2D eigenvalue weighted by Gasteiger charge is 2.39. The fraction of sp³-hybridized carbons (Fsp3) is 0.286. The van der Waals surface area contributed by atoms with Crippen molar-refractivity contribution in [1.82, 2.24) is 9.78 Å². The van der Waals surface area contributed by atoms with Gasteiger partial charge in [0.15, 0.2) is 5.69 Å². The van der Waals surface area contributed by atoms with Gasteiger partial charge in [0, 0.05) is 4.47 Å². The number of aromatic nitrogens is 2. The van der Waals surface area contributed by atoms with E-state index in [0.29, 0.717) is 4.47 Å². The lowest BCUT2D eigenvalue weighted by Gasteiger charge is -2.15. The fourth-order valence-corrected chi connectivity index (χ4v) is 2.81. The van der Waals surface area contributed by atoms with E-state index >= 15 is 0 Å². The summed E-state index contributed by atoms with van der Waals surface area (Å²) in [7, 11) is 0. The average Bonchev–Trinajstić information content (AvgIpc) is 2.77. The van der Waals surface area contributed by atoms with Crippen LogP contribution in [0.3, 0.4) is 0 Å². The minimum absolute atomic E-state index is 0.0741. The number of alkyl halides is 3. The van der Waals surface area contributed by atoms with E-state index in [1.807, 2.05) is 0 Å². The number of nitrogens with zero attached hydrogens (tertiary/aromatic N) is 2. The molecule has 1 heterocycles. The van der Waals surface area contributed by atoms with E-state index in [1.165, 1.54) is 26.0 Å². The Morgan fingerprint density at radius 3 is 2.46 bits per heavy atom. The number of carbonyl (C=O) groups excluding carboxylic acids is 1. The van der Waals surface area contributed by atoms with Gasteiger partial charge < -0.3 is 5.32 Å². The van der Waals surface area contributed by atoms with Crippen LogP contribution in [0.1, 0.15) is 24.4 Å². The molecule has 1 aromatic carbocycles. The van der Waals surface area contributed by atoms with Gasteiger partial charge in [-0.05, 0) is 48.0 Å². The number of rotatable bonds is 3. The molecule has 4 nitrogen and oxygen atoms in total. The van der Waals surface area contributed by atoms with E-state index in [1.54, 1.807) is 0 Å². The van der Waals surface area contributed by atoms with E-state index in [-0.39, 0.29) is 15.9 Å². The van der Waals surface area contributed by atoms with Crippen molar-refractivity contribution in [1.29, 1.82) is 0 Å². The van der Waals surface area contributed by atoms with Crippen molar-refractivity contribution in [3.8, 4) is 0 Å². The van der Waals surface area contributed by atoms with Crippen molar-refractivity contribution in [2.45, 2.75) is 26.1 Å². The smallest absolute Gasteiger partial charge is 0.322 e. The molecule has 130 valence electrons. The zero-order valence-electron chi connectivity index (χ0n) is 12.4. The maximum absolute atomic E-state index is 13.8. The third kappa shape index (κ3) is 3.80. The van der Waals surface area contributed by atoms with Crippen LogP contribution in [-0.4, -0.2) is 15.7 Å². The first-order chi connectivity index (χ1) is 11.0. The summed E-state index contributed by atoms with van der Waals surface area (Å²) in [4.78, 5) is 12.2. The van der Waals surface area contributed by atoms with E-state index < -0.39 is 29.6 Å². The number of hydrogen-bond donors (Lipinski definition) is 1. The molecule has 0 aliphatic heterocycles. The topological polar surface area (TPSA) is 46.9 Å². The number of benzene rings is 1. The van der Waals surface area contributed by atoms with Crippen LogP contribution in [0.15, 0.2) is 27.1 Å². The highest BCUT2D eigenvalue weighted by molar-refractivity contribution is 9.10. The Morgan fingerprint density at radius 1 is 1.33 bits per heavy atom. The van der Waals surface area contributed by atoms with Crippen molar-refractivity contribution >= 4 is 43.5 Å². The summed E-state index contributed by atoms with van der Waals surface area (Å²) in [5.41, 5.74) is -1.05. The molecular weight excluding hydrogens is 462 g/mol. The molecule has 1 unspecified atom stereocenters. The molecule has 24 heavy (non-hydrogen) atoms. The summed E-state index contributed by atoms with van der Waals surface area (Å²) in [6.45, 7) is 2.77. The van der Waals surface area contributed by atoms with Crippen LogP contribution in [0.25, 0.3) is 0 Å². The lowest BCUT2D eigenvalue weighted by Crippen LogP contribution is -2.26. The summed E-state index contributed by atoms with van der Waals surface area (Å²) >= 11 is 5.93. The standard InChI is InChI=1S/C14H11Br2F4N3O/c1-6-11(16)12(14(18,19)20)22-23(6)7(2)13(24)21-10-4-3-8(15)5-9(10)17/h3-5,7H,1-2H3,(H,21,24). The van der Waals surface area contributed by atoms with E-state index in [9.17, 15) is 22.4 Å². The van der Waals surface area contributed by atoms with Gasteiger partial charge in [0.1, 0.15) is 11.9 Å².